The van der Waals surface area contributed by atoms with Crippen LogP contribution in [0.25, 0.3) is 0 Å². The summed E-state index contributed by atoms with van der Waals surface area (Å²) >= 11 is 0. The molecule has 3 aromatic rings. The molecule has 1 heterocycles. The minimum absolute atomic E-state index is 0.0782. The normalized spacial score (nSPS) is 11.0. The molecule has 148 valence electrons. The number of hydrogen-bond donors (Lipinski definition) is 2. The molecule has 0 radical (unpaired) electrons. The fraction of sp³-hybridized carbons (Fsp3) is 0.0952. The molecule has 0 saturated carbocycles. The molecule has 8 heteroatoms. The van der Waals surface area contributed by atoms with E-state index in [1.165, 1.54) is 24.4 Å². The SMILES string of the molecule is Cc1cc(NC(=O)c2ccccn2)ccc1NC(=O)c1cccc(S(C)(=O)=O)c1. The molecular weight excluding hydrogens is 390 g/mol. The molecule has 0 fully saturated rings. The largest absolute Gasteiger partial charge is 0.322 e. The van der Waals surface area contributed by atoms with Crippen molar-refractivity contribution in [1.82, 2.24) is 4.98 Å². The van der Waals surface area contributed by atoms with Gasteiger partial charge in [0, 0.05) is 29.4 Å². The van der Waals surface area contributed by atoms with Gasteiger partial charge in [-0.1, -0.05) is 12.1 Å². The maximum absolute atomic E-state index is 12.5. The molecule has 2 amide bonds. The van der Waals surface area contributed by atoms with Crippen LogP contribution in [0.4, 0.5) is 11.4 Å². The van der Waals surface area contributed by atoms with Crippen LogP contribution < -0.4 is 10.6 Å². The van der Waals surface area contributed by atoms with E-state index >= 15 is 0 Å². The minimum atomic E-state index is -3.41. The van der Waals surface area contributed by atoms with Crippen LogP contribution in [-0.2, 0) is 9.84 Å². The number of anilines is 2. The predicted octanol–water partition coefficient (Wildman–Crippen LogP) is 3.30. The van der Waals surface area contributed by atoms with Gasteiger partial charge in [0.1, 0.15) is 5.69 Å². The van der Waals surface area contributed by atoms with E-state index in [0.717, 1.165) is 11.8 Å². The van der Waals surface area contributed by atoms with Gasteiger partial charge in [0.25, 0.3) is 11.8 Å². The molecule has 29 heavy (non-hydrogen) atoms. The lowest BCUT2D eigenvalue weighted by molar-refractivity contribution is 0.101. The average Bonchev–Trinajstić information content (AvgIpc) is 2.70. The highest BCUT2D eigenvalue weighted by Crippen LogP contribution is 2.21. The Morgan fingerprint density at radius 1 is 0.897 bits per heavy atom. The van der Waals surface area contributed by atoms with Gasteiger partial charge in [0.2, 0.25) is 0 Å². The Morgan fingerprint density at radius 3 is 2.34 bits per heavy atom. The number of carbonyl (C=O) groups excluding carboxylic acids is 2. The molecule has 1 aromatic heterocycles. The van der Waals surface area contributed by atoms with Gasteiger partial charge in [0.15, 0.2) is 9.84 Å². The number of rotatable bonds is 5. The lowest BCUT2D eigenvalue weighted by atomic mass is 10.1. The number of amides is 2. The maximum atomic E-state index is 12.5. The van der Waals surface area contributed by atoms with Gasteiger partial charge in [-0.15, -0.1) is 0 Å². The quantitative estimate of drug-likeness (QED) is 0.673. The van der Waals surface area contributed by atoms with Crippen LogP contribution in [0.2, 0.25) is 0 Å². The van der Waals surface area contributed by atoms with Crippen molar-refractivity contribution in [3.63, 3.8) is 0 Å². The van der Waals surface area contributed by atoms with Crippen LogP contribution in [0.5, 0.6) is 0 Å². The topological polar surface area (TPSA) is 105 Å². The second-order valence-corrected chi connectivity index (χ2v) is 8.47. The van der Waals surface area contributed by atoms with Crippen molar-refractivity contribution >= 4 is 33.0 Å². The van der Waals surface area contributed by atoms with Crippen LogP contribution >= 0.6 is 0 Å². The summed E-state index contributed by atoms with van der Waals surface area (Å²) in [6.45, 7) is 1.79. The van der Waals surface area contributed by atoms with Crippen molar-refractivity contribution in [3.8, 4) is 0 Å². The van der Waals surface area contributed by atoms with Crippen molar-refractivity contribution in [2.24, 2.45) is 0 Å². The molecule has 0 aliphatic rings. The zero-order valence-corrected chi connectivity index (χ0v) is 16.7. The second-order valence-electron chi connectivity index (χ2n) is 6.45. The first-order valence-electron chi connectivity index (χ1n) is 8.68. The number of sulfone groups is 1. The van der Waals surface area contributed by atoms with Crippen LogP contribution in [0, 0.1) is 6.92 Å². The van der Waals surface area contributed by atoms with E-state index in [4.69, 9.17) is 0 Å². The standard InChI is InChI=1S/C21H19N3O4S/c1-14-12-16(23-21(26)19-8-3-4-11-22-19)9-10-18(14)24-20(25)15-6-5-7-17(13-15)29(2,27)28/h3-13H,1-2H3,(H,23,26)(H,24,25). The summed E-state index contributed by atoms with van der Waals surface area (Å²) < 4.78 is 23.4. The molecule has 0 aliphatic heterocycles. The van der Waals surface area contributed by atoms with E-state index < -0.39 is 15.7 Å². The molecule has 0 unspecified atom stereocenters. The van der Waals surface area contributed by atoms with Crippen molar-refractivity contribution < 1.29 is 18.0 Å². The second kappa shape index (κ2) is 8.24. The third-order valence-electron chi connectivity index (χ3n) is 4.15. The van der Waals surface area contributed by atoms with Crippen molar-refractivity contribution in [2.45, 2.75) is 11.8 Å². The summed E-state index contributed by atoms with van der Waals surface area (Å²) in [5.41, 5.74) is 2.38. The van der Waals surface area contributed by atoms with E-state index in [-0.39, 0.29) is 16.4 Å². The molecule has 0 atom stereocenters. The lowest BCUT2D eigenvalue weighted by Crippen LogP contribution is -2.15. The Labute approximate surface area is 168 Å². The third-order valence-corrected chi connectivity index (χ3v) is 5.26. The van der Waals surface area contributed by atoms with Crippen LogP contribution in [-0.4, -0.2) is 31.5 Å². The number of carbonyl (C=O) groups is 2. The first kappa shape index (κ1) is 20.2. The minimum Gasteiger partial charge on any atom is -0.322 e. The predicted molar refractivity (Wildman–Crippen MR) is 111 cm³/mol. The molecular formula is C21H19N3O4S. The molecule has 0 bridgehead atoms. The summed E-state index contributed by atoms with van der Waals surface area (Å²) in [7, 11) is -3.41. The summed E-state index contributed by atoms with van der Waals surface area (Å²) in [4.78, 5) is 28.8. The van der Waals surface area contributed by atoms with E-state index in [2.05, 4.69) is 15.6 Å². The van der Waals surface area contributed by atoms with Crippen LogP contribution in [0.1, 0.15) is 26.4 Å². The Kier molecular flexibility index (Phi) is 5.74. The summed E-state index contributed by atoms with van der Waals surface area (Å²) in [6, 6.07) is 16.0. The van der Waals surface area contributed by atoms with Crippen LogP contribution in [0.15, 0.2) is 71.8 Å². The van der Waals surface area contributed by atoms with Crippen molar-refractivity contribution in [1.29, 1.82) is 0 Å². The number of nitrogens with one attached hydrogen (secondary N) is 2. The highest BCUT2D eigenvalue weighted by atomic mass is 32.2. The van der Waals surface area contributed by atoms with Crippen molar-refractivity contribution in [2.75, 3.05) is 16.9 Å². The summed E-state index contributed by atoms with van der Waals surface area (Å²) in [5.74, 6) is -0.761. The van der Waals surface area contributed by atoms with Gasteiger partial charge in [-0.2, -0.15) is 0 Å². The fourth-order valence-electron chi connectivity index (χ4n) is 2.64. The van der Waals surface area contributed by atoms with Crippen molar-refractivity contribution in [3.05, 3.63) is 83.7 Å². The Morgan fingerprint density at radius 2 is 1.69 bits per heavy atom. The van der Waals surface area contributed by atoms with Gasteiger partial charge in [0.05, 0.1) is 4.90 Å². The number of aromatic nitrogens is 1. The molecule has 2 aromatic carbocycles. The average molecular weight is 409 g/mol. The first-order chi connectivity index (χ1) is 13.7. The molecule has 0 spiro atoms. The molecule has 0 aliphatic carbocycles. The number of aryl methyl sites for hydroxylation is 1. The third kappa shape index (κ3) is 5.05. The van der Waals surface area contributed by atoms with E-state index in [1.807, 2.05) is 0 Å². The summed E-state index contributed by atoms with van der Waals surface area (Å²) in [5, 5.41) is 5.51. The highest BCUT2D eigenvalue weighted by Gasteiger charge is 2.13. The number of nitrogens with zero attached hydrogens (tertiary/aromatic N) is 1. The number of hydrogen-bond acceptors (Lipinski definition) is 5. The van der Waals surface area contributed by atoms with Gasteiger partial charge < -0.3 is 10.6 Å². The zero-order valence-electron chi connectivity index (χ0n) is 15.8. The molecule has 2 N–H and O–H groups in total. The first-order valence-corrected chi connectivity index (χ1v) is 10.6. The van der Waals surface area contributed by atoms with E-state index in [0.29, 0.717) is 17.1 Å². The van der Waals surface area contributed by atoms with Crippen LogP contribution in [0.3, 0.4) is 0 Å². The summed E-state index contributed by atoms with van der Waals surface area (Å²) in [6.07, 6.45) is 2.63. The highest BCUT2D eigenvalue weighted by molar-refractivity contribution is 7.90. The van der Waals surface area contributed by atoms with Gasteiger partial charge >= 0.3 is 0 Å². The monoisotopic (exact) mass is 409 g/mol. The zero-order chi connectivity index (χ0) is 21.0. The fourth-order valence-corrected chi connectivity index (χ4v) is 3.30. The lowest BCUT2D eigenvalue weighted by Gasteiger charge is -2.11. The molecule has 3 rings (SSSR count). The van der Waals surface area contributed by atoms with E-state index in [9.17, 15) is 18.0 Å². The van der Waals surface area contributed by atoms with E-state index in [1.54, 1.807) is 49.4 Å². The molecule has 7 nitrogen and oxygen atoms in total. The number of pyridine rings is 1. The smallest absolute Gasteiger partial charge is 0.274 e. The van der Waals surface area contributed by atoms with Gasteiger partial charge in [-0.05, 0) is 61.0 Å². The van der Waals surface area contributed by atoms with Gasteiger partial charge in [-0.3, -0.25) is 14.6 Å². The maximum Gasteiger partial charge on any atom is 0.274 e. The number of benzene rings is 2. The Balaban J connectivity index is 1.74. The molecule has 0 saturated heterocycles. The van der Waals surface area contributed by atoms with Gasteiger partial charge in [-0.25, -0.2) is 8.42 Å². The Bertz CT molecular complexity index is 1180. The Hall–Kier alpha value is -3.52.